The summed E-state index contributed by atoms with van der Waals surface area (Å²) < 4.78 is 0. The molecule has 0 aliphatic rings. The third-order valence-electron chi connectivity index (χ3n) is 3.13. The summed E-state index contributed by atoms with van der Waals surface area (Å²) >= 11 is 0. The molecule has 0 unspecified atom stereocenters. The number of rotatable bonds is 7. The molecule has 3 N–H and O–H groups in total. The summed E-state index contributed by atoms with van der Waals surface area (Å²) in [6.07, 6.45) is 1.41. The van der Waals surface area contributed by atoms with Crippen LogP contribution in [0.3, 0.4) is 0 Å². The van der Waals surface area contributed by atoms with Gasteiger partial charge in [-0.05, 0) is 33.0 Å². The summed E-state index contributed by atoms with van der Waals surface area (Å²) in [6, 6.07) is 2.98. The first kappa shape index (κ1) is 16.9. The number of aromatic carboxylic acids is 1. The Balaban J connectivity index is 2.33. The normalized spacial score (nSPS) is 10.7. The summed E-state index contributed by atoms with van der Waals surface area (Å²) in [6.45, 7) is 5.66. The second-order valence-corrected chi connectivity index (χ2v) is 5.02. The average molecular weight is 294 g/mol. The fourth-order valence-corrected chi connectivity index (χ4v) is 1.55. The number of nitrogens with zero attached hydrogens (tertiary/aromatic N) is 2. The Bertz CT molecular complexity index is 491. The molecule has 0 fully saturated rings. The van der Waals surface area contributed by atoms with Gasteiger partial charge < -0.3 is 20.6 Å². The predicted molar refractivity (Wildman–Crippen MR) is 79.2 cm³/mol. The van der Waals surface area contributed by atoms with Crippen molar-refractivity contribution >= 4 is 12.0 Å². The lowest BCUT2D eigenvalue weighted by atomic mass is 10.2. The van der Waals surface area contributed by atoms with E-state index in [4.69, 9.17) is 5.11 Å². The number of carbonyl (C=O) groups is 2. The Morgan fingerprint density at radius 2 is 2.10 bits per heavy atom. The van der Waals surface area contributed by atoms with Crippen molar-refractivity contribution in [1.29, 1.82) is 0 Å². The van der Waals surface area contributed by atoms with E-state index in [-0.39, 0.29) is 18.1 Å². The molecule has 1 aromatic heterocycles. The average Bonchev–Trinajstić information content (AvgIpc) is 2.45. The fourth-order valence-electron chi connectivity index (χ4n) is 1.55. The maximum atomic E-state index is 11.6. The van der Waals surface area contributed by atoms with E-state index in [1.807, 2.05) is 7.05 Å². The Hall–Kier alpha value is -2.15. The maximum Gasteiger partial charge on any atom is 0.335 e. The third kappa shape index (κ3) is 6.22. The minimum Gasteiger partial charge on any atom is -0.478 e. The molecule has 0 saturated carbocycles. The Morgan fingerprint density at radius 1 is 1.38 bits per heavy atom. The topological polar surface area (TPSA) is 94.6 Å². The van der Waals surface area contributed by atoms with Crippen molar-refractivity contribution in [2.24, 2.45) is 0 Å². The zero-order valence-electron chi connectivity index (χ0n) is 12.6. The first-order valence-electron chi connectivity index (χ1n) is 6.80. The molecule has 0 aromatic carbocycles. The van der Waals surface area contributed by atoms with Crippen LogP contribution in [0.2, 0.25) is 0 Å². The van der Waals surface area contributed by atoms with Crippen molar-refractivity contribution in [3.05, 3.63) is 29.6 Å². The van der Waals surface area contributed by atoms with E-state index in [0.717, 1.165) is 6.54 Å². The van der Waals surface area contributed by atoms with Crippen LogP contribution in [0.1, 0.15) is 29.9 Å². The van der Waals surface area contributed by atoms with Crippen molar-refractivity contribution in [1.82, 2.24) is 20.5 Å². The van der Waals surface area contributed by atoms with Gasteiger partial charge >= 0.3 is 12.0 Å². The molecule has 7 nitrogen and oxygen atoms in total. The highest BCUT2D eigenvalue weighted by Gasteiger charge is 2.06. The van der Waals surface area contributed by atoms with Crippen LogP contribution in [0.5, 0.6) is 0 Å². The second kappa shape index (κ2) is 8.21. The molecule has 0 aliphatic heterocycles. The maximum absolute atomic E-state index is 11.6. The molecule has 0 atom stereocenters. The van der Waals surface area contributed by atoms with Gasteiger partial charge in [-0.3, -0.25) is 4.98 Å². The number of amides is 2. The van der Waals surface area contributed by atoms with E-state index in [0.29, 0.717) is 18.3 Å². The van der Waals surface area contributed by atoms with Gasteiger partial charge in [0, 0.05) is 25.3 Å². The summed E-state index contributed by atoms with van der Waals surface area (Å²) in [5.74, 6) is -1.01. The van der Waals surface area contributed by atoms with Crippen molar-refractivity contribution in [2.75, 3.05) is 20.1 Å². The molecule has 1 rings (SSSR count). The lowest BCUT2D eigenvalue weighted by Gasteiger charge is -2.20. The first-order chi connectivity index (χ1) is 9.90. The molecule has 0 aliphatic carbocycles. The van der Waals surface area contributed by atoms with E-state index in [9.17, 15) is 9.59 Å². The monoisotopic (exact) mass is 294 g/mol. The highest BCUT2D eigenvalue weighted by molar-refractivity contribution is 5.87. The van der Waals surface area contributed by atoms with Gasteiger partial charge in [0.1, 0.15) is 0 Å². The smallest absolute Gasteiger partial charge is 0.335 e. The van der Waals surface area contributed by atoms with E-state index >= 15 is 0 Å². The van der Waals surface area contributed by atoms with E-state index in [2.05, 4.69) is 34.4 Å². The summed E-state index contributed by atoms with van der Waals surface area (Å²) in [4.78, 5) is 28.6. The minimum absolute atomic E-state index is 0.153. The van der Waals surface area contributed by atoms with Crippen LogP contribution in [0, 0.1) is 0 Å². The standard InChI is InChI=1S/C14H22N4O3/c1-10(2)18(3)7-6-16-14(21)17-9-12-8-11(13(19)20)4-5-15-12/h4-5,8,10H,6-7,9H2,1-3H3,(H,19,20)(H2,16,17,21). The Labute approximate surface area is 124 Å². The predicted octanol–water partition coefficient (Wildman–Crippen LogP) is 0.919. The molecule has 1 heterocycles. The van der Waals surface area contributed by atoms with E-state index in [1.165, 1.54) is 18.3 Å². The zero-order valence-corrected chi connectivity index (χ0v) is 12.6. The van der Waals surface area contributed by atoms with Crippen molar-refractivity contribution in [3.63, 3.8) is 0 Å². The van der Waals surface area contributed by atoms with Gasteiger partial charge in [-0.15, -0.1) is 0 Å². The molecular formula is C14H22N4O3. The number of hydrogen-bond acceptors (Lipinski definition) is 4. The molecule has 0 saturated heterocycles. The molecule has 7 heteroatoms. The van der Waals surface area contributed by atoms with Gasteiger partial charge in [0.05, 0.1) is 17.8 Å². The molecule has 0 radical (unpaired) electrons. The molecule has 1 aromatic rings. The Kier molecular flexibility index (Phi) is 6.61. The molecule has 0 bridgehead atoms. The number of carboxylic acids is 1. The number of pyridine rings is 1. The molecule has 116 valence electrons. The summed E-state index contributed by atoms with van der Waals surface area (Å²) in [7, 11) is 1.99. The first-order valence-corrected chi connectivity index (χ1v) is 6.80. The van der Waals surface area contributed by atoms with Crippen molar-refractivity contribution in [3.8, 4) is 0 Å². The summed E-state index contributed by atoms with van der Waals surface area (Å²) in [5.41, 5.74) is 0.658. The molecule has 2 amide bonds. The highest BCUT2D eigenvalue weighted by atomic mass is 16.4. The second-order valence-electron chi connectivity index (χ2n) is 5.02. The minimum atomic E-state index is -1.01. The van der Waals surface area contributed by atoms with Gasteiger partial charge in [0.15, 0.2) is 0 Å². The van der Waals surface area contributed by atoms with Crippen LogP contribution in [0.4, 0.5) is 4.79 Å². The lowest BCUT2D eigenvalue weighted by Crippen LogP contribution is -2.40. The van der Waals surface area contributed by atoms with Crippen LogP contribution in [0.15, 0.2) is 18.3 Å². The number of nitrogens with one attached hydrogen (secondary N) is 2. The van der Waals surface area contributed by atoms with E-state index in [1.54, 1.807) is 0 Å². The number of likely N-dealkylation sites (N-methyl/N-ethyl adjacent to an activating group) is 1. The lowest BCUT2D eigenvalue weighted by molar-refractivity contribution is 0.0696. The quantitative estimate of drug-likeness (QED) is 0.695. The number of carbonyl (C=O) groups excluding carboxylic acids is 1. The number of aromatic nitrogens is 1. The molecule has 21 heavy (non-hydrogen) atoms. The Morgan fingerprint density at radius 3 is 2.71 bits per heavy atom. The van der Waals surface area contributed by atoms with Gasteiger partial charge in [-0.1, -0.05) is 0 Å². The number of carboxylic acid groups (broad SMARTS) is 1. The SMILES string of the molecule is CC(C)N(C)CCNC(=O)NCc1cc(C(=O)O)ccn1. The zero-order chi connectivity index (χ0) is 15.8. The van der Waals surface area contributed by atoms with Gasteiger partial charge in [0.2, 0.25) is 0 Å². The number of urea groups is 1. The van der Waals surface area contributed by atoms with Crippen molar-refractivity contribution in [2.45, 2.75) is 26.4 Å². The van der Waals surface area contributed by atoms with Crippen LogP contribution < -0.4 is 10.6 Å². The van der Waals surface area contributed by atoms with Gasteiger partial charge in [-0.25, -0.2) is 9.59 Å². The van der Waals surface area contributed by atoms with Crippen molar-refractivity contribution < 1.29 is 14.7 Å². The van der Waals surface area contributed by atoms with Gasteiger partial charge in [0.25, 0.3) is 0 Å². The highest BCUT2D eigenvalue weighted by Crippen LogP contribution is 2.01. The third-order valence-corrected chi connectivity index (χ3v) is 3.13. The molecular weight excluding hydrogens is 272 g/mol. The largest absolute Gasteiger partial charge is 0.478 e. The fraction of sp³-hybridized carbons (Fsp3) is 0.500. The number of hydrogen-bond donors (Lipinski definition) is 3. The van der Waals surface area contributed by atoms with Crippen LogP contribution in [-0.4, -0.2) is 53.2 Å². The van der Waals surface area contributed by atoms with Crippen LogP contribution in [0.25, 0.3) is 0 Å². The van der Waals surface area contributed by atoms with E-state index < -0.39 is 5.97 Å². The van der Waals surface area contributed by atoms with Crippen LogP contribution >= 0.6 is 0 Å². The van der Waals surface area contributed by atoms with Gasteiger partial charge in [-0.2, -0.15) is 0 Å². The molecule has 0 spiro atoms. The van der Waals surface area contributed by atoms with Crippen LogP contribution in [-0.2, 0) is 6.54 Å². The summed E-state index contributed by atoms with van der Waals surface area (Å²) in [5, 5.41) is 14.3.